The van der Waals surface area contributed by atoms with Crippen molar-refractivity contribution in [3.8, 4) is 0 Å². The van der Waals surface area contributed by atoms with E-state index in [1.165, 1.54) is 0 Å². The van der Waals surface area contributed by atoms with Crippen LogP contribution in [0.2, 0.25) is 0 Å². The predicted molar refractivity (Wildman–Crippen MR) is 69.7 cm³/mol. The molecule has 0 fully saturated rings. The van der Waals surface area contributed by atoms with Gasteiger partial charge >= 0.3 is 0 Å². The summed E-state index contributed by atoms with van der Waals surface area (Å²) >= 11 is 0. The average Bonchev–Trinajstić information content (AvgIpc) is 2.56. The number of hydrogen-bond acceptors (Lipinski definition) is 3. The molecule has 1 aromatic heterocycles. The summed E-state index contributed by atoms with van der Waals surface area (Å²) in [7, 11) is -2.99. The number of hydrogen-bond donors (Lipinski definition) is 1. The number of nitrogens with one attached hydrogen (secondary N) is 1. The number of aromatic amines is 1. The number of unbranched alkanes of at least 4 members (excludes halogenated alkanes) is 3. The topological polar surface area (TPSA) is 62.8 Å². The molecule has 0 atom stereocenters. The fourth-order valence-electron chi connectivity index (χ4n) is 1.83. The van der Waals surface area contributed by atoms with Gasteiger partial charge < -0.3 is 0 Å². The van der Waals surface area contributed by atoms with Gasteiger partial charge in [-0.1, -0.05) is 26.2 Å². The van der Waals surface area contributed by atoms with Crippen LogP contribution in [0.15, 0.2) is 0 Å². The maximum Gasteiger partial charge on any atom is 0.154 e. The summed E-state index contributed by atoms with van der Waals surface area (Å²) in [6.07, 6.45) is 4.00. The van der Waals surface area contributed by atoms with Crippen LogP contribution >= 0.6 is 0 Å². The van der Waals surface area contributed by atoms with Crippen LogP contribution in [0.3, 0.4) is 0 Å². The number of aromatic nitrogens is 2. The smallest absolute Gasteiger partial charge is 0.154 e. The maximum absolute atomic E-state index is 11.9. The zero-order valence-corrected chi connectivity index (χ0v) is 11.7. The van der Waals surface area contributed by atoms with Crippen molar-refractivity contribution < 1.29 is 8.42 Å². The third-order valence-electron chi connectivity index (χ3n) is 2.95. The molecule has 0 bridgehead atoms. The first-order valence-electron chi connectivity index (χ1n) is 6.17. The molecule has 1 heterocycles. The largest absolute Gasteiger partial charge is 0.282 e. The first-order chi connectivity index (χ1) is 7.96. The summed E-state index contributed by atoms with van der Waals surface area (Å²) in [5.74, 6) is 0.407. The van der Waals surface area contributed by atoms with Crippen LogP contribution in [-0.4, -0.2) is 24.4 Å². The van der Waals surface area contributed by atoms with E-state index in [0.717, 1.165) is 42.6 Å². The lowest BCUT2D eigenvalue weighted by Crippen LogP contribution is -2.10. The highest BCUT2D eigenvalue weighted by Gasteiger charge is 2.16. The van der Waals surface area contributed by atoms with Crippen LogP contribution in [0.5, 0.6) is 0 Å². The van der Waals surface area contributed by atoms with E-state index in [-0.39, 0.29) is 11.5 Å². The van der Waals surface area contributed by atoms with E-state index in [4.69, 9.17) is 0 Å². The Kier molecular flexibility index (Phi) is 5.18. The summed E-state index contributed by atoms with van der Waals surface area (Å²) in [6, 6.07) is 0. The Balaban J connectivity index is 2.55. The van der Waals surface area contributed by atoms with Gasteiger partial charge in [0.05, 0.1) is 17.2 Å². The molecule has 4 nitrogen and oxygen atoms in total. The van der Waals surface area contributed by atoms with Crippen LogP contribution in [-0.2, 0) is 15.6 Å². The minimum atomic E-state index is -2.99. The second-order valence-corrected chi connectivity index (χ2v) is 6.75. The minimum absolute atomic E-state index is 0.118. The zero-order chi connectivity index (χ0) is 12.9. The summed E-state index contributed by atoms with van der Waals surface area (Å²) in [5.41, 5.74) is 2.49. The molecule has 0 aromatic carbocycles. The first kappa shape index (κ1) is 14.2. The standard InChI is InChI=1S/C12H22N2O2S/c1-4-5-6-7-8-17(15,16)9-12-10(2)13-14-11(12)3/h4-9H2,1-3H3,(H,13,14). The lowest BCUT2D eigenvalue weighted by molar-refractivity contribution is 0.588. The van der Waals surface area contributed by atoms with Crippen LogP contribution in [0.4, 0.5) is 0 Å². The summed E-state index contributed by atoms with van der Waals surface area (Å²) in [6.45, 7) is 5.82. The Bertz CT molecular complexity index is 430. The molecule has 98 valence electrons. The zero-order valence-electron chi connectivity index (χ0n) is 10.9. The number of sulfone groups is 1. The molecule has 0 amide bonds. The Morgan fingerprint density at radius 2 is 1.88 bits per heavy atom. The first-order valence-corrected chi connectivity index (χ1v) is 7.99. The van der Waals surface area contributed by atoms with Crippen molar-refractivity contribution in [1.29, 1.82) is 0 Å². The van der Waals surface area contributed by atoms with Crippen molar-refractivity contribution in [2.75, 3.05) is 5.75 Å². The second-order valence-electron chi connectivity index (χ2n) is 4.57. The van der Waals surface area contributed by atoms with E-state index >= 15 is 0 Å². The van der Waals surface area contributed by atoms with Crippen molar-refractivity contribution in [2.45, 2.75) is 52.2 Å². The predicted octanol–water partition coefficient (Wildman–Crippen LogP) is 2.52. The van der Waals surface area contributed by atoms with Crippen LogP contribution in [0.1, 0.15) is 49.6 Å². The number of H-pyrrole nitrogens is 1. The van der Waals surface area contributed by atoms with Crippen molar-refractivity contribution >= 4 is 9.84 Å². The molecule has 0 aliphatic carbocycles. The average molecular weight is 258 g/mol. The highest BCUT2D eigenvalue weighted by atomic mass is 32.2. The molecule has 5 heteroatoms. The summed E-state index contributed by atoms with van der Waals surface area (Å²) in [5, 5.41) is 6.84. The van der Waals surface area contributed by atoms with Gasteiger partial charge in [-0.2, -0.15) is 5.10 Å². The lowest BCUT2D eigenvalue weighted by Gasteiger charge is -2.04. The van der Waals surface area contributed by atoms with Gasteiger partial charge in [0, 0.05) is 11.3 Å². The highest BCUT2D eigenvalue weighted by Crippen LogP contribution is 2.15. The Labute approximate surface area is 104 Å². The maximum atomic E-state index is 11.9. The highest BCUT2D eigenvalue weighted by molar-refractivity contribution is 7.90. The van der Waals surface area contributed by atoms with Crippen molar-refractivity contribution in [1.82, 2.24) is 10.2 Å². The SMILES string of the molecule is CCCCCCS(=O)(=O)Cc1c(C)n[nH]c1C. The normalized spacial score (nSPS) is 11.9. The van der Waals surface area contributed by atoms with E-state index in [9.17, 15) is 8.42 Å². The van der Waals surface area contributed by atoms with Gasteiger partial charge in [-0.05, 0) is 20.3 Å². The molecule has 0 unspecified atom stereocenters. The monoisotopic (exact) mass is 258 g/mol. The van der Waals surface area contributed by atoms with Gasteiger partial charge in [-0.3, -0.25) is 5.10 Å². The van der Waals surface area contributed by atoms with Gasteiger partial charge in [0.1, 0.15) is 0 Å². The molecule has 17 heavy (non-hydrogen) atoms. The quantitative estimate of drug-likeness (QED) is 0.764. The van der Waals surface area contributed by atoms with Gasteiger partial charge in [-0.25, -0.2) is 8.42 Å². The summed E-state index contributed by atoms with van der Waals surface area (Å²) < 4.78 is 23.8. The summed E-state index contributed by atoms with van der Waals surface area (Å²) in [4.78, 5) is 0. The number of rotatable bonds is 7. The van der Waals surface area contributed by atoms with Gasteiger partial charge in [0.2, 0.25) is 0 Å². The molecule has 0 aliphatic heterocycles. The molecule has 0 saturated heterocycles. The Morgan fingerprint density at radius 1 is 1.18 bits per heavy atom. The molecule has 1 rings (SSSR count). The van der Waals surface area contributed by atoms with Gasteiger partial charge in [0.15, 0.2) is 9.84 Å². The fraction of sp³-hybridized carbons (Fsp3) is 0.750. The van der Waals surface area contributed by atoms with Crippen molar-refractivity contribution in [3.05, 3.63) is 17.0 Å². The third-order valence-corrected chi connectivity index (χ3v) is 4.59. The number of aryl methyl sites for hydroxylation is 2. The van der Waals surface area contributed by atoms with Crippen molar-refractivity contribution in [3.63, 3.8) is 0 Å². The molecule has 1 aromatic rings. The second kappa shape index (κ2) is 6.19. The molecule has 0 spiro atoms. The van der Waals surface area contributed by atoms with E-state index < -0.39 is 9.84 Å². The third kappa shape index (κ3) is 4.50. The van der Waals surface area contributed by atoms with Crippen molar-refractivity contribution in [2.24, 2.45) is 0 Å². The van der Waals surface area contributed by atoms with Crippen LogP contribution in [0, 0.1) is 13.8 Å². The van der Waals surface area contributed by atoms with Crippen LogP contribution < -0.4 is 0 Å². The number of nitrogens with zero attached hydrogens (tertiary/aromatic N) is 1. The molecule has 0 saturated carbocycles. The Hall–Kier alpha value is -0.840. The van der Waals surface area contributed by atoms with E-state index in [2.05, 4.69) is 17.1 Å². The fourth-order valence-corrected chi connectivity index (χ4v) is 3.48. The van der Waals surface area contributed by atoms with Crippen LogP contribution in [0.25, 0.3) is 0 Å². The minimum Gasteiger partial charge on any atom is -0.282 e. The molecule has 0 radical (unpaired) electrons. The molecule has 0 aliphatic rings. The van der Waals surface area contributed by atoms with Gasteiger partial charge in [-0.15, -0.1) is 0 Å². The van der Waals surface area contributed by atoms with Gasteiger partial charge in [0.25, 0.3) is 0 Å². The van der Waals surface area contributed by atoms with E-state index in [1.807, 2.05) is 13.8 Å². The molecular formula is C12H22N2O2S. The van der Waals surface area contributed by atoms with E-state index in [0.29, 0.717) is 0 Å². The molecule has 1 N–H and O–H groups in total. The lowest BCUT2D eigenvalue weighted by atomic mass is 10.2. The van der Waals surface area contributed by atoms with E-state index in [1.54, 1.807) is 0 Å². The Morgan fingerprint density at radius 3 is 2.41 bits per heavy atom. The molecular weight excluding hydrogens is 236 g/mol.